The Balaban J connectivity index is 1.72. The van der Waals surface area contributed by atoms with Crippen LogP contribution in [0, 0.1) is 13.8 Å². The summed E-state index contributed by atoms with van der Waals surface area (Å²) >= 11 is 0. The van der Waals surface area contributed by atoms with Crippen molar-refractivity contribution in [3.8, 4) is 0 Å². The minimum absolute atomic E-state index is 0.129. The van der Waals surface area contributed by atoms with Gasteiger partial charge in [-0.1, -0.05) is 48.5 Å². The number of nitrogens with one attached hydrogen (secondary N) is 2. The van der Waals surface area contributed by atoms with Crippen LogP contribution in [0.2, 0.25) is 0 Å². The molecule has 0 bridgehead atoms. The molecule has 7 nitrogen and oxygen atoms in total. The summed E-state index contributed by atoms with van der Waals surface area (Å²) in [5, 5.41) is 6.66. The minimum atomic E-state index is -4.11. The van der Waals surface area contributed by atoms with Gasteiger partial charge in [-0.25, -0.2) is 8.42 Å². The first-order valence-electron chi connectivity index (χ1n) is 11.4. The van der Waals surface area contributed by atoms with Crippen molar-refractivity contribution in [3.05, 3.63) is 102 Å². The molecule has 2 N–H and O–H groups in total. The molecule has 0 heterocycles. The van der Waals surface area contributed by atoms with E-state index in [9.17, 15) is 18.0 Å². The molecule has 0 aliphatic carbocycles. The number of hydrogen-bond acceptors (Lipinski definition) is 4. The summed E-state index contributed by atoms with van der Waals surface area (Å²) < 4.78 is 29.3. The predicted octanol–water partition coefficient (Wildman–Crippen LogP) is 4.65. The summed E-state index contributed by atoms with van der Waals surface area (Å²) in [7, 11) is -2.57. The van der Waals surface area contributed by atoms with Gasteiger partial charge in [-0.2, -0.15) is 0 Å². The van der Waals surface area contributed by atoms with Crippen molar-refractivity contribution in [2.24, 2.45) is 0 Å². The van der Waals surface area contributed by atoms with Gasteiger partial charge >= 0.3 is 0 Å². The average molecular weight is 502 g/mol. The van der Waals surface area contributed by atoms with E-state index in [0.29, 0.717) is 22.3 Å². The maximum atomic E-state index is 14.1. The Morgan fingerprint density at radius 2 is 1.50 bits per heavy atom. The van der Waals surface area contributed by atoms with Gasteiger partial charge in [0.25, 0.3) is 15.9 Å². The number of fused-ring (bicyclic) bond motifs is 1. The highest BCUT2D eigenvalue weighted by atomic mass is 32.2. The highest BCUT2D eigenvalue weighted by Crippen LogP contribution is 2.32. The summed E-state index contributed by atoms with van der Waals surface area (Å²) in [5.74, 6) is -0.748. The number of hydrogen-bond donors (Lipinski definition) is 2. The Morgan fingerprint density at radius 1 is 0.833 bits per heavy atom. The SMILES string of the molecule is CNC(=O)c1ccc(NC(=O)CN(c2cccc(C)c2C)S(=O)(=O)c2cccc3ccccc23)cc1. The van der Waals surface area contributed by atoms with Crippen LogP contribution in [0.3, 0.4) is 0 Å². The van der Waals surface area contributed by atoms with E-state index in [1.807, 2.05) is 38.1 Å². The lowest BCUT2D eigenvalue weighted by molar-refractivity contribution is -0.114. The fraction of sp³-hybridized carbons (Fsp3) is 0.143. The van der Waals surface area contributed by atoms with Crippen LogP contribution >= 0.6 is 0 Å². The number of rotatable bonds is 7. The van der Waals surface area contributed by atoms with Crippen molar-refractivity contribution in [1.82, 2.24) is 5.32 Å². The van der Waals surface area contributed by atoms with Crippen LogP contribution in [0.25, 0.3) is 10.8 Å². The molecular weight excluding hydrogens is 474 g/mol. The van der Waals surface area contributed by atoms with Crippen LogP contribution in [0.1, 0.15) is 21.5 Å². The standard InChI is InChI=1S/C28H27N3O4S/c1-19-8-6-12-25(20(19)2)31(18-27(32)30-23-16-14-22(15-17-23)28(33)29-3)36(34,35)26-13-7-10-21-9-4-5-11-24(21)26/h4-17H,18H2,1-3H3,(H,29,33)(H,30,32). The van der Waals surface area contributed by atoms with Gasteiger partial charge in [0.05, 0.1) is 10.6 Å². The zero-order chi connectivity index (χ0) is 25.9. The predicted molar refractivity (Wildman–Crippen MR) is 143 cm³/mol. The number of amides is 2. The molecule has 0 atom stereocenters. The molecule has 4 rings (SSSR count). The minimum Gasteiger partial charge on any atom is -0.355 e. The third-order valence-electron chi connectivity index (χ3n) is 6.11. The van der Waals surface area contributed by atoms with Crippen molar-refractivity contribution in [2.75, 3.05) is 23.2 Å². The maximum Gasteiger partial charge on any atom is 0.265 e. The van der Waals surface area contributed by atoms with E-state index in [-0.39, 0.29) is 10.8 Å². The third-order valence-corrected chi connectivity index (χ3v) is 7.93. The zero-order valence-electron chi connectivity index (χ0n) is 20.3. The molecule has 2 amide bonds. The highest BCUT2D eigenvalue weighted by Gasteiger charge is 2.30. The second kappa shape index (κ2) is 10.2. The van der Waals surface area contributed by atoms with Crippen LogP contribution in [0.5, 0.6) is 0 Å². The number of aryl methyl sites for hydroxylation is 1. The van der Waals surface area contributed by atoms with Gasteiger partial charge in [0.1, 0.15) is 6.54 Å². The molecular formula is C28H27N3O4S. The molecule has 0 aliphatic rings. The molecule has 4 aromatic carbocycles. The molecule has 0 saturated carbocycles. The van der Waals surface area contributed by atoms with Gasteiger partial charge in [0.2, 0.25) is 5.91 Å². The second-order valence-electron chi connectivity index (χ2n) is 8.41. The first-order valence-corrected chi connectivity index (χ1v) is 12.8. The van der Waals surface area contributed by atoms with Crippen molar-refractivity contribution in [1.29, 1.82) is 0 Å². The van der Waals surface area contributed by atoms with E-state index in [2.05, 4.69) is 10.6 Å². The fourth-order valence-corrected chi connectivity index (χ4v) is 5.72. The van der Waals surface area contributed by atoms with Gasteiger partial charge in [-0.15, -0.1) is 0 Å². The van der Waals surface area contributed by atoms with Crippen LogP contribution in [0.4, 0.5) is 11.4 Å². The maximum absolute atomic E-state index is 14.1. The van der Waals surface area contributed by atoms with Gasteiger partial charge in [0.15, 0.2) is 0 Å². The number of carbonyl (C=O) groups excluding carboxylic acids is 2. The molecule has 0 aliphatic heterocycles. The Morgan fingerprint density at radius 3 is 2.22 bits per heavy atom. The Hall–Kier alpha value is -4.17. The molecule has 0 aromatic heterocycles. The van der Waals surface area contributed by atoms with E-state index < -0.39 is 22.5 Å². The van der Waals surface area contributed by atoms with E-state index in [0.717, 1.165) is 20.8 Å². The van der Waals surface area contributed by atoms with E-state index in [1.54, 1.807) is 60.7 Å². The molecule has 0 saturated heterocycles. The van der Waals surface area contributed by atoms with Crippen molar-refractivity contribution in [2.45, 2.75) is 18.7 Å². The molecule has 0 fully saturated rings. The summed E-state index contributed by atoms with van der Waals surface area (Å²) in [5.41, 5.74) is 3.02. The lowest BCUT2D eigenvalue weighted by Crippen LogP contribution is -2.38. The zero-order valence-corrected chi connectivity index (χ0v) is 21.1. The van der Waals surface area contributed by atoms with Crippen molar-refractivity contribution >= 4 is 44.0 Å². The molecule has 8 heteroatoms. The summed E-state index contributed by atoms with van der Waals surface area (Å²) in [6.07, 6.45) is 0. The van der Waals surface area contributed by atoms with E-state index >= 15 is 0 Å². The monoisotopic (exact) mass is 501 g/mol. The molecule has 0 radical (unpaired) electrons. The average Bonchev–Trinajstić information content (AvgIpc) is 2.88. The quantitative estimate of drug-likeness (QED) is 0.385. The van der Waals surface area contributed by atoms with E-state index in [1.165, 1.54) is 7.05 Å². The summed E-state index contributed by atoms with van der Waals surface area (Å²) in [6.45, 7) is 3.31. The lowest BCUT2D eigenvalue weighted by Gasteiger charge is -2.27. The van der Waals surface area contributed by atoms with Crippen molar-refractivity contribution < 1.29 is 18.0 Å². The van der Waals surface area contributed by atoms with Crippen LogP contribution in [-0.2, 0) is 14.8 Å². The molecule has 0 spiro atoms. The largest absolute Gasteiger partial charge is 0.355 e. The lowest BCUT2D eigenvalue weighted by atomic mass is 10.1. The molecule has 184 valence electrons. The Kier molecular flexibility index (Phi) is 7.07. The van der Waals surface area contributed by atoms with Gasteiger partial charge in [-0.05, 0) is 66.8 Å². The van der Waals surface area contributed by atoms with Gasteiger partial charge in [0, 0.05) is 23.7 Å². The molecule has 36 heavy (non-hydrogen) atoms. The molecule has 4 aromatic rings. The first-order chi connectivity index (χ1) is 17.2. The molecule has 0 unspecified atom stereocenters. The number of nitrogens with zero attached hydrogens (tertiary/aromatic N) is 1. The summed E-state index contributed by atoms with van der Waals surface area (Å²) in [6, 6.07) is 24.1. The van der Waals surface area contributed by atoms with Gasteiger partial charge in [-0.3, -0.25) is 13.9 Å². The highest BCUT2D eigenvalue weighted by molar-refractivity contribution is 7.93. The Bertz CT molecular complexity index is 1540. The third kappa shape index (κ3) is 4.94. The normalized spacial score (nSPS) is 11.2. The van der Waals surface area contributed by atoms with Crippen LogP contribution < -0.4 is 14.9 Å². The Labute approximate surface area is 210 Å². The number of sulfonamides is 1. The first kappa shape index (κ1) is 24.9. The van der Waals surface area contributed by atoms with Gasteiger partial charge < -0.3 is 10.6 Å². The van der Waals surface area contributed by atoms with Crippen LogP contribution in [-0.4, -0.2) is 33.8 Å². The van der Waals surface area contributed by atoms with Crippen LogP contribution in [0.15, 0.2) is 89.8 Å². The topological polar surface area (TPSA) is 95.6 Å². The number of anilines is 2. The van der Waals surface area contributed by atoms with E-state index in [4.69, 9.17) is 0 Å². The summed E-state index contributed by atoms with van der Waals surface area (Å²) in [4.78, 5) is 25.0. The number of carbonyl (C=O) groups is 2. The van der Waals surface area contributed by atoms with Crippen molar-refractivity contribution in [3.63, 3.8) is 0 Å². The second-order valence-corrected chi connectivity index (χ2v) is 10.2. The number of benzene rings is 4. The fourth-order valence-electron chi connectivity index (χ4n) is 4.02. The smallest absolute Gasteiger partial charge is 0.265 e.